The molecule has 0 aromatic carbocycles. The van der Waals surface area contributed by atoms with Crippen LogP contribution in [0.1, 0.15) is 19.8 Å². The fraction of sp³-hybridized carbons (Fsp3) is 1.00. The number of nitrogens with two attached hydrogens (primary N) is 1. The summed E-state index contributed by atoms with van der Waals surface area (Å²) in [4.78, 5) is 4.71. The lowest BCUT2D eigenvalue weighted by Gasteiger charge is -2.42. The van der Waals surface area contributed by atoms with Crippen molar-refractivity contribution < 1.29 is 0 Å². The maximum Gasteiger partial charge on any atom is 0.0328 e. The van der Waals surface area contributed by atoms with E-state index >= 15 is 0 Å². The van der Waals surface area contributed by atoms with Gasteiger partial charge in [-0.25, -0.2) is 0 Å². The molecule has 0 aliphatic carbocycles. The van der Waals surface area contributed by atoms with Crippen molar-refractivity contribution in [1.82, 2.24) is 15.1 Å². The highest BCUT2D eigenvalue weighted by atomic mass is 15.2. The molecule has 0 atom stereocenters. The van der Waals surface area contributed by atoms with Crippen LogP contribution in [0.3, 0.4) is 0 Å². The Bertz CT molecular complexity index is 185. The first-order valence-corrected chi connectivity index (χ1v) is 6.44. The van der Waals surface area contributed by atoms with Gasteiger partial charge in [0.2, 0.25) is 0 Å². The van der Waals surface area contributed by atoms with Gasteiger partial charge in [-0.15, -0.1) is 0 Å². The van der Waals surface area contributed by atoms with Crippen LogP contribution in [0.5, 0.6) is 0 Å². The first-order chi connectivity index (χ1) is 7.62. The number of hydrogen-bond donors (Lipinski definition) is 2. The Labute approximate surface area is 100 Å². The fourth-order valence-corrected chi connectivity index (χ4v) is 2.30. The van der Waals surface area contributed by atoms with Crippen molar-refractivity contribution in [2.24, 2.45) is 5.73 Å². The summed E-state index contributed by atoms with van der Waals surface area (Å²) in [7, 11) is 4.22. The molecule has 4 heteroatoms. The summed E-state index contributed by atoms with van der Waals surface area (Å²) in [6.07, 6.45) is 2.37. The van der Waals surface area contributed by atoms with Crippen molar-refractivity contribution >= 4 is 0 Å². The van der Waals surface area contributed by atoms with Crippen molar-refractivity contribution in [3.05, 3.63) is 0 Å². The van der Waals surface area contributed by atoms with Crippen molar-refractivity contribution in [3.8, 4) is 0 Å². The summed E-state index contributed by atoms with van der Waals surface area (Å²) < 4.78 is 0. The Hall–Kier alpha value is -0.160. The quantitative estimate of drug-likeness (QED) is 0.669. The third-order valence-electron chi connectivity index (χ3n) is 3.71. The molecule has 3 N–H and O–H groups in total. The van der Waals surface area contributed by atoms with E-state index in [1.165, 1.54) is 32.5 Å². The molecule has 0 amide bonds. The first-order valence-electron chi connectivity index (χ1n) is 6.44. The largest absolute Gasteiger partial charge is 0.329 e. The van der Waals surface area contributed by atoms with Crippen LogP contribution in [0.25, 0.3) is 0 Å². The van der Waals surface area contributed by atoms with Gasteiger partial charge in [0.15, 0.2) is 0 Å². The standard InChI is InChI=1S/C12H28N4/c1-4-16-8-5-12(11-13,6-9-16)14-7-10-15(2)3/h14H,4-11,13H2,1-3H3. The SMILES string of the molecule is CCN1CCC(CN)(NCCN(C)C)CC1. The smallest absolute Gasteiger partial charge is 0.0328 e. The number of piperidine rings is 1. The molecule has 16 heavy (non-hydrogen) atoms. The maximum atomic E-state index is 5.95. The molecule has 4 nitrogen and oxygen atoms in total. The highest BCUT2D eigenvalue weighted by molar-refractivity contribution is 4.94. The molecule has 1 aliphatic rings. The minimum atomic E-state index is 0.196. The van der Waals surface area contributed by atoms with Crippen LogP contribution in [0.15, 0.2) is 0 Å². The molecule has 1 heterocycles. The summed E-state index contributed by atoms with van der Waals surface area (Å²) >= 11 is 0. The Kier molecular flexibility index (Phi) is 5.69. The van der Waals surface area contributed by atoms with Crippen molar-refractivity contribution in [2.45, 2.75) is 25.3 Å². The van der Waals surface area contributed by atoms with Gasteiger partial charge in [-0.3, -0.25) is 0 Å². The lowest BCUT2D eigenvalue weighted by Crippen LogP contribution is -2.58. The van der Waals surface area contributed by atoms with Gasteiger partial charge in [-0.05, 0) is 46.6 Å². The second-order valence-corrected chi connectivity index (χ2v) is 5.15. The molecule has 1 rings (SSSR count). The van der Waals surface area contributed by atoms with Crippen molar-refractivity contribution in [2.75, 3.05) is 53.4 Å². The zero-order valence-electron chi connectivity index (χ0n) is 11.1. The van der Waals surface area contributed by atoms with E-state index in [1.807, 2.05) is 0 Å². The minimum Gasteiger partial charge on any atom is -0.329 e. The topological polar surface area (TPSA) is 44.5 Å². The van der Waals surface area contributed by atoms with Crippen LogP contribution < -0.4 is 11.1 Å². The van der Waals surface area contributed by atoms with Crippen LogP contribution >= 0.6 is 0 Å². The molecule has 0 saturated carbocycles. The zero-order chi connectivity index (χ0) is 12.0. The predicted molar refractivity (Wildman–Crippen MR) is 69.7 cm³/mol. The second-order valence-electron chi connectivity index (χ2n) is 5.15. The third kappa shape index (κ3) is 4.01. The summed E-state index contributed by atoms with van der Waals surface area (Å²) in [5.74, 6) is 0. The van der Waals surface area contributed by atoms with Gasteiger partial charge < -0.3 is 20.9 Å². The van der Waals surface area contributed by atoms with Crippen LogP contribution in [0.2, 0.25) is 0 Å². The van der Waals surface area contributed by atoms with Crippen LogP contribution in [-0.2, 0) is 0 Å². The van der Waals surface area contributed by atoms with Crippen LogP contribution in [-0.4, -0.2) is 68.7 Å². The lowest BCUT2D eigenvalue weighted by atomic mass is 9.87. The van der Waals surface area contributed by atoms with E-state index in [0.717, 1.165) is 19.6 Å². The van der Waals surface area contributed by atoms with Crippen LogP contribution in [0, 0.1) is 0 Å². The van der Waals surface area contributed by atoms with Gasteiger partial charge in [0.25, 0.3) is 0 Å². The van der Waals surface area contributed by atoms with E-state index in [0.29, 0.717) is 0 Å². The number of likely N-dealkylation sites (N-methyl/N-ethyl adjacent to an activating group) is 1. The number of nitrogens with zero attached hydrogens (tertiary/aromatic N) is 2. The molecule has 1 saturated heterocycles. The zero-order valence-corrected chi connectivity index (χ0v) is 11.1. The molecule has 96 valence electrons. The Morgan fingerprint density at radius 2 is 1.94 bits per heavy atom. The van der Waals surface area contributed by atoms with Gasteiger partial charge >= 0.3 is 0 Å². The van der Waals surface area contributed by atoms with Gasteiger partial charge in [-0.2, -0.15) is 0 Å². The average Bonchev–Trinajstić information content (AvgIpc) is 2.29. The molecule has 0 radical (unpaired) electrons. The number of nitrogens with one attached hydrogen (secondary N) is 1. The molecular formula is C12H28N4. The average molecular weight is 228 g/mol. The van der Waals surface area contributed by atoms with Crippen LogP contribution in [0.4, 0.5) is 0 Å². The van der Waals surface area contributed by atoms with Crippen molar-refractivity contribution in [1.29, 1.82) is 0 Å². The summed E-state index contributed by atoms with van der Waals surface area (Å²) in [6, 6.07) is 0. The lowest BCUT2D eigenvalue weighted by molar-refractivity contribution is 0.142. The first kappa shape index (κ1) is 13.9. The molecule has 0 aromatic heterocycles. The monoisotopic (exact) mass is 228 g/mol. The minimum absolute atomic E-state index is 0.196. The van der Waals surface area contributed by atoms with Gasteiger partial charge in [0, 0.05) is 25.2 Å². The Morgan fingerprint density at radius 3 is 2.38 bits per heavy atom. The molecule has 0 bridgehead atoms. The fourth-order valence-electron chi connectivity index (χ4n) is 2.30. The molecule has 1 aliphatic heterocycles. The molecule has 0 aromatic rings. The molecule has 1 fully saturated rings. The highest BCUT2D eigenvalue weighted by Gasteiger charge is 2.31. The van der Waals surface area contributed by atoms with E-state index < -0.39 is 0 Å². The maximum absolute atomic E-state index is 5.95. The normalized spacial score (nSPS) is 21.6. The van der Waals surface area contributed by atoms with E-state index in [9.17, 15) is 0 Å². The number of likely N-dealkylation sites (tertiary alicyclic amines) is 1. The highest BCUT2D eigenvalue weighted by Crippen LogP contribution is 2.20. The van der Waals surface area contributed by atoms with E-state index in [2.05, 4.69) is 36.1 Å². The van der Waals surface area contributed by atoms with Crippen molar-refractivity contribution in [3.63, 3.8) is 0 Å². The summed E-state index contributed by atoms with van der Waals surface area (Å²) in [6.45, 7) is 8.64. The third-order valence-corrected chi connectivity index (χ3v) is 3.71. The van der Waals surface area contributed by atoms with Gasteiger partial charge in [-0.1, -0.05) is 6.92 Å². The van der Waals surface area contributed by atoms with E-state index in [1.54, 1.807) is 0 Å². The van der Waals surface area contributed by atoms with Gasteiger partial charge in [0.1, 0.15) is 0 Å². The molecule has 0 unspecified atom stereocenters. The Balaban J connectivity index is 2.34. The second kappa shape index (κ2) is 6.55. The number of hydrogen-bond acceptors (Lipinski definition) is 4. The van der Waals surface area contributed by atoms with Gasteiger partial charge in [0.05, 0.1) is 0 Å². The van der Waals surface area contributed by atoms with E-state index in [-0.39, 0.29) is 5.54 Å². The molecule has 0 spiro atoms. The molecular weight excluding hydrogens is 200 g/mol. The predicted octanol–water partition coefficient (Wildman–Crippen LogP) is -0.0492. The number of rotatable bonds is 6. The summed E-state index contributed by atoms with van der Waals surface area (Å²) in [5, 5.41) is 3.67. The summed E-state index contributed by atoms with van der Waals surface area (Å²) in [5.41, 5.74) is 6.14. The Morgan fingerprint density at radius 1 is 1.31 bits per heavy atom. The van der Waals surface area contributed by atoms with E-state index in [4.69, 9.17) is 5.73 Å².